The molecule has 0 radical (unpaired) electrons. The molecular formula is C23H24FN5S. The Bertz CT molecular complexity index is 1150. The van der Waals surface area contributed by atoms with Gasteiger partial charge in [0.05, 0.1) is 0 Å². The Hall–Kier alpha value is -2.77. The summed E-state index contributed by atoms with van der Waals surface area (Å²) < 4.78 is 14.3. The average molecular weight is 422 g/mol. The van der Waals surface area contributed by atoms with Crippen molar-refractivity contribution in [3.63, 3.8) is 0 Å². The first kappa shape index (κ1) is 19.2. The van der Waals surface area contributed by atoms with E-state index < -0.39 is 0 Å². The van der Waals surface area contributed by atoms with E-state index in [1.165, 1.54) is 25.3 Å². The normalized spacial score (nSPS) is 16.8. The average Bonchev–Trinajstić information content (AvgIpc) is 3.42. The lowest BCUT2D eigenvalue weighted by atomic mass is 10.0. The van der Waals surface area contributed by atoms with Crippen molar-refractivity contribution in [3.8, 4) is 21.7 Å². The molecule has 7 heteroatoms. The molecule has 0 spiro atoms. The highest BCUT2D eigenvalue weighted by Crippen LogP contribution is 2.34. The van der Waals surface area contributed by atoms with Crippen LogP contribution in [0.4, 0.5) is 9.52 Å². The summed E-state index contributed by atoms with van der Waals surface area (Å²) in [6.07, 6.45) is 6.81. The summed E-state index contributed by atoms with van der Waals surface area (Å²) in [5.41, 5.74) is 3.41. The van der Waals surface area contributed by atoms with Crippen LogP contribution in [0.25, 0.3) is 32.6 Å². The van der Waals surface area contributed by atoms with Crippen molar-refractivity contribution in [1.82, 2.24) is 20.5 Å². The first-order valence-corrected chi connectivity index (χ1v) is 11.3. The topological polar surface area (TPSA) is 65.6 Å². The van der Waals surface area contributed by atoms with E-state index in [4.69, 9.17) is 0 Å². The van der Waals surface area contributed by atoms with Crippen LogP contribution in [0.3, 0.4) is 0 Å². The first-order chi connectivity index (χ1) is 14.8. The largest absolute Gasteiger partial charge is 0.361 e. The molecule has 2 aromatic heterocycles. The smallest absolute Gasteiger partial charge is 0.206 e. The predicted octanol–water partition coefficient (Wildman–Crippen LogP) is 5.44. The summed E-state index contributed by atoms with van der Waals surface area (Å²) in [6.45, 7) is 2.02. The fraction of sp³-hybridized carbons (Fsp3) is 0.304. The molecule has 3 heterocycles. The van der Waals surface area contributed by atoms with Gasteiger partial charge < -0.3 is 15.6 Å². The molecule has 5 rings (SSSR count). The number of benzene rings is 2. The molecule has 1 fully saturated rings. The molecule has 4 aromatic rings. The first-order valence-electron chi connectivity index (χ1n) is 10.4. The third kappa shape index (κ3) is 3.95. The number of hydrogen-bond donors (Lipinski definition) is 3. The van der Waals surface area contributed by atoms with Crippen molar-refractivity contribution in [2.75, 3.05) is 18.4 Å². The number of halogens is 1. The second-order valence-corrected chi connectivity index (χ2v) is 8.69. The fourth-order valence-electron chi connectivity index (χ4n) is 4.09. The third-order valence-corrected chi connectivity index (χ3v) is 6.63. The van der Waals surface area contributed by atoms with Crippen LogP contribution in [-0.4, -0.2) is 34.3 Å². The molecule has 0 bridgehead atoms. The van der Waals surface area contributed by atoms with E-state index in [0.717, 1.165) is 51.7 Å². The number of aromatic nitrogens is 3. The zero-order chi connectivity index (χ0) is 20.3. The van der Waals surface area contributed by atoms with E-state index >= 15 is 0 Å². The van der Waals surface area contributed by atoms with Crippen molar-refractivity contribution in [1.29, 1.82) is 0 Å². The maximum atomic E-state index is 14.3. The van der Waals surface area contributed by atoms with Crippen LogP contribution in [0.15, 0.2) is 48.7 Å². The molecule has 0 amide bonds. The number of fused-ring (bicyclic) bond motifs is 1. The minimum absolute atomic E-state index is 0.223. The Kier molecular flexibility index (Phi) is 5.46. The minimum atomic E-state index is -0.223. The lowest BCUT2D eigenvalue weighted by molar-refractivity contribution is 0.389. The van der Waals surface area contributed by atoms with Gasteiger partial charge in [-0.3, -0.25) is 0 Å². The van der Waals surface area contributed by atoms with Gasteiger partial charge in [-0.05, 0) is 50.1 Å². The van der Waals surface area contributed by atoms with E-state index in [2.05, 4.69) is 31.9 Å². The number of H-pyrrole nitrogens is 1. The lowest BCUT2D eigenvalue weighted by Gasteiger charge is -2.23. The maximum absolute atomic E-state index is 14.3. The van der Waals surface area contributed by atoms with Gasteiger partial charge in [0.1, 0.15) is 10.8 Å². The van der Waals surface area contributed by atoms with Gasteiger partial charge in [-0.2, -0.15) is 0 Å². The van der Waals surface area contributed by atoms with Gasteiger partial charge >= 0.3 is 0 Å². The van der Waals surface area contributed by atoms with Crippen molar-refractivity contribution in [3.05, 3.63) is 54.5 Å². The quantitative estimate of drug-likeness (QED) is 0.388. The Morgan fingerprint density at radius 3 is 2.90 bits per heavy atom. The molecule has 2 aromatic carbocycles. The molecule has 3 N–H and O–H groups in total. The molecule has 5 nitrogen and oxygen atoms in total. The summed E-state index contributed by atoms with van der Waals surface area (Å²) >= 11 is 1.55. The van der Waals surface area contributed by atoms with Crippen molar-refractivity contribution >= 4 is 27.4 Å². The summed E-state index contributed by atoms with van der Waals surface area (Å²) in [5, 5.41) is 18.3. The number of aromatic amines is 1. The SMILES string of the molecule is Fc1ccccc1-c1c[nH]c2ccc(-c3nnc(NCC[C@H]4CCCCN4)s3)cc12. The Morgan fingerprint density at radius 2 is 2.03 bits per heavy atom. The molecule has 154 valence electrons. The fourth-order valence-corrected chi connectivity index (χ4v) is 4.86. The van der Waals surface area contributed by atoms with Gasteiger partial charge in [0.15, 0.2) is 0 Å². The van der Waals surface area contributed by atoms with Gasteiger partial charge in [-0.15, -0.1) is 10.2 Å². The van der Waals surface area contributed by atoms with Crippen LogP contribution in [0, 0.1) is 5.82 Å². The lowest BCUT2D eigenvalue weighted by Crippen LogP contribution is -2.35. The summed E-state index contributed by atoms with van der Waals surface area (Å²) in [5.74, 6) is -0.223. The molecular weight excluding hydrogens is 397 g/mol. The molecule has 1 aliphatic heterocycles. The van der Waals surface area contributed by atoms with Gasteiger partial charge in [0.2, 0.25) is 5.13 Å². The van der Waals surface area contributed by atoms with E-state index in [0.29, 0.717) is 11.6 Å². The second kappa shape index (κ2) is 8.53. The van der Waals surface area contributed by atoms with E-state index in [9.17, 15) is 4.39 Å². The monoisotopic (exact) mass is 421 g/mol. The van der Waals surface area contributed by atoms with Crippen molar-refractivity contribution in [2.24, 2.45) is 0 Å². The number of piperidine rings is 1. The number of anilines is 1. The molecule has 1 saturated heterocycles. The highest BCUT2D eigenvalue weighted by molar-refractivity contribution is 7.18. The van der Waals surface area contributed by atoms with Gasteiger partial charge in [-0.1, -0.05) is 36.0 Å². The highest BCUT2D eigenvalue weighted by atomic mass is 32.1. The number of nitrogens with one attached hydrogen (secondary N) is 3. The van der Waals surface area contributed by atoms with Crippen LogP contribution in [0.5, 0.6) is 0 Å². The van der Waals surface area contributed by atoms with Crippen LogP contribution in [-0.2, 0) is 0 Å². The number of rotatable bonds is 6. The van der Waals surface area contributed by atoms with Crippen LogP contribution in [0.1, 0.15) is 25.7 Å². The number of nitrogens with zero attached hydrogens (tertiary/aromatic N) is 2. The number of hydrogen-bond acceptors (Lipinski definition) is 5. The Labute approximate surface area is 178 Å². The summed E-state index contributed by atoms with van der Waals surface area (Å²) in [7, 11) is 0. The molecule has 0 unspecified atom stereocenters. The molecule has 30 heavy (non-hydrogen) atoms. The molecule has 1 atom stereocenters. The second-order valence-electron chi connectivity index (χ2n) is 7.72. The van der Waals surface area contributed by atoms with Crippen LogP contribution < -0.4 is 10.6 Å². The highest BCUT2D eigenvalue weighted by Gasteiger charge is 2.14. The molecule has 1 aliphatic rings. The minimum Gasteiger partial charge on any atom is -0.361 e. The van der Waals surface area contributed by atoms with E-state index in [1.807, 2.05) is 24.4 Å². The summed E-state index contributed by atoms with van der Waals surface area (Å²) in [4.78, 5) is 3.24. The zero-order valence-electron chi connectivity index (χ0n) is 16.6. The Balaban J connectivity index is 1.34. The van der Waals surface area contributed by atoms with Gasteiger partial charge in [-0.25, -0.2) is 4.39 Å². The molecule has 0 aliphatic carbocycles. The van der Waals surface area contributed by atoms with E-state index in [1.54, 1.807) is 23.5 Å². The summed E-state index contributed by atoms with van der Waals surface area (Å²) in [6, 6.07) is 13.6. The third-order valence-electron chi connectivity index (χ3n) is 5.70. The van der Waals surface area contributed by atoms with Crippen molar-refractivity contribution in [2.45, 2.75) is 31.7 Å². The van der Waals surface area contributed by atoms with Crippen LogP contribution in [0.2, 0.25) is 0 Å². The maximum Gasteiger partial charge on any atom is 0.206 e. The zero-order valence-corrected chi connectivity index (χ0v) is 17.4. The van der Waals surface area contributed by atoms with Gasteiger partial charge in [0.25, 0.3) is 0 Å². The van der Waals surface area contributed by atoms with Crippen LogP contribution >= 0.6 is 11.3 Å². The van der Waals surface area contributed by atoms with E-state index in [-0.39, 0.29) is 5.82 Å². The predicted molar refractivity (Wildman–Crippen MR) is 121 cm³/mol. The standard InChI is InChI=1S/C23H24FN5S/c24-20-7-2-1-6-17(20)19-14-27-21-9-8-15(13-18(19)21)22-28-29-23(30-22)26-12-10-16-5-3-4-11-25-16/h1-2,6-9,13-14,16,25,27H,3-5,10-12H2,(H,26,29)/t16-/m1/s1. The Morgan fingerprint density at radius 1 is 1.10 bits per heavy atom. The van der Waals surface area contributed by atoms with Gasteiger partial charge in [0, 0.05) is 46.4 Å². The molecule has 0 saturated carbocycles. The van der Waals surface area contributed by atoms with Crippen molar-refractivity contribution < 1.29 is 4.39 Å².